The highest BCUT2D eigenvalue weighted by atomic mass is 79.9. The molecule has 0 aromatic heterocycles. The van der Waals surface area contributed by atoms with Gasteiger partial charge in [0, 0.05) is 16.1 Å². The van der Waals surface area contributed by atoms with Crippen LogP contribution in [-0.2, 0) is 0 Å². The van der Waals surface area contributed by atoms with E-state index in [1.165, 1.54) is 12.1 Å². The number of nitrogens with one attached hydrogen (secondary N) is 1. The summed E-state index contributed by atoms with van der Waals surface area (Å²) in [5.41, 5.74) is 1.88. The molecular weight excluding hydrogens is 337 g/mol. The highest BCUT2D eigenvalue weighted by Gasteiger charge is 2.19. The van der Waals surface area contributed by atoms with Crippen LogP contribution in [0.1, 0.15) is 17.2 Å². The van der Waals surface area contributed by atoms with Gasteiger partial charge in [0.2, 0.25) is 0 Å². The number of benzene rings is 2. The van der Waals surface area contributed by atoms with E-state index in [0.717, 1.165) is 16.9 Å². The zero-order valence-corrected chi connectivity index (χ0v) is 13.7. The van der Waals surface area contributed by atoms with Crippen molar-refractivity contribution in [3.05, 3.63) is 57.8 Å². The van der Waals surface area contributed by atoms with E-state index in [-0.39, 0.29) is 11.9 Å². The zero-order chi connectivity index (χ0) is 15.4. The molecule has 0 spiro atoms. The summed E-state index contributed by atoms with van der Waals surface area (Å²) in [5.74, 6) is 1.16. The fraction of sp³-hybridized carbons (Fsp3) is 0.250. The molecule has 1 N–H and O–H groups in total. The zero-order valence-electron chi connectivity index (χ0n) is 12.1. The van der Waals surface area contributed by atoms with E-state index in [2.05, 4.69) is 21.2 Å². The number of methoxy groups -OCH3 is 2. The van der Waals surface area contributed by atoms with Crippen molar-refractivity contribution in [1.82, 2.24) is 5.32 Å². The Balaban J connectivity index is 2.50. The van der Waals surface area contributed by atoms with Crippen LogP contribution in [0, 0.1) is 5.82 Å². The van der Waals surface area contributed by atoms with Crippen molar-refractivity contribution in [2.24, 2.45) is 0 Å². The van der Waals surface area contributed by atoms with Gasteiger partial charge >= 0.3 is 0 Å². The average Bonchev–Trinajstić information content (AvgIpc) is 2.50. The lowest BCUT2D eigenvalue weighted by Gasteiger charge is -2.21. The number of rotatable bonds is 5. The van der Waals surface area contributed by atoms with Crippen LogP contribution >= 0.6 is 15.9 Å². The maximum Gasteiger partial charge on any atom is 0.127 e. The van der Waals surface area contributed by atoms with Crippen LogP contribution in [0.25, 0.3) is 0 Å². The molecule has 2 aromatic carbocycles. The van der Waals surface area contributed by atoms with E-state index >= 15 is 0 Å². The van der Waals surface area contributed by atoms with Crippen molar-refractivity contribution in [1.29, 1.82) is 0 Å². The van der Waals surface area contributed by atoms with Crippen LogP contribution in [-0.4, -0.2) is 21.3 Å². The highest BCUT2D eigenvalue weighted by molar-refractivity contribution is 9.10. The first-order valence-corrected chi connectivity index (χ1v) is 7.24. The molecule has 1 atom stereocenters. The molecule has 0 aliphatic rings. The quantitative estimate of drug-likeness (QED) is 0.883. The molecule has 0 saturated carbocycles. The smallest absolute Gasteiger partial charge is 0.127 e. The normalized spacial score (nSPS) is 12.0. The topological polar surface area (TPSA) is 30.5 Å². The minimum Gasteiger partial charge on any atom is -0.497 e. The van der Waals surface area contributed by atoms with Crippen LogP contribution in [0.5, 0.6) is 11.5 Å². The Hall–Kier alpha value is -1.59. The number of halogens is 2. The number of ether oxygens (including phenoxy) is 2. The molecule has 0 heterocycles. The Labute approximate surface area is 132 Å². The summed E-state index contributed by atoms with van der Waals surface area (Å²) in [6.45, 7) is 0. The minimum absolute atomic E-state index is 0.124. The van der Waals surface area contributed by atoms with Gasteiger partial charge in [0.25, 0.3) is 0 Å². The van der Waals surface area contributed by atoms with E-state index in [4.69, 9.17) is 9.47 Å². The summed E-state index contributed by atoms with van der Waals surface area (Å²) >= 11 is 3.41. The lowest BCUT2D eigenvalue weighted by molar-refractivity contribution is 0.388. The molecule has 0 radical (unpaired) electrons. The summed E-state index contributed by atoms with van der Waals surface area (Å²) in [6, 6.07) is 10.2. The molecule has 0 bridgehead atoms. The molecule has 2 aromatic rings. The van der Waals surface area contributed by atoms with E-state index in [1.807, 2.05) is 25.2 Å². The van der Waals surface area contributed by atoms with E-state index < -0.39 is 0 Å². The van der Waals surface area contributed by atoms with Crippen LogP contribution in [0.15, 0.2) is 40.9 Å². The van der Waals surface area contributed by atoms with E-state index in [1.54, 1.807) is 20.3 Å². The molecule has 5 heteroatoms. The van der Waals surface area contributed by atoms with Crippen LogP contribution < -0.4 is 14.8 Å². The fourth-order valence-electron chi connectivity index (χ4n) is 2.27. The maximum absolute atomic E-state index is 13.3. The third kappa shape index (κ3) is 3.36. The second-order valence-corrected chi connectivity index (χ2v) is 5.35. The Kier molecular flexibility index (Phi) is 5.20. The van der Waals surface area contributed by atoms with E-state index in [9.17, 15) is 4.39 Å². The Bertz CT molecular complexity index is 634. The van der Waals surface area contributed by atoms with Gasteiger partial charge in [-0.05, 0) is 36.9 Å². The Morgan fingerprint density at radius 1 is 1.05 bits per heavy atom. The summed E-state index contributed by atoms with van der Waals surface area (Å²) in [7, 11) is 5.08. The standard InChI is InChI=1S/C16H17BrFNO2/c1-19-16(12-6-4-10(18)8-14(12)17)13-7-5-11(20-2)9-15(13)21-3/h4-9,16,19H,1-3H3. The number of hydrogen-bond acceptors (Lipinski definition) is 3. The SMILES string of the molecule is CNC(c1ccc(F)cc1Br)c1ccc(OC)cc1OC. The van der Waals surface area contributed by atoms with Crippen LogP contribution in [0.4, 0.5) is 4.39 Å². The first-order valence-electron chi connectivity index (χ1n) is 6.44. The lowest BCUT2D eigenvalue weighted by atomic mass is 9.97. The Morgan fingerprint density at radius 3 is 2.33 bits per heavy atom. The summed E-state index contributed by atoms with van der Waals surface area (Å²) in [5, 5.41) is 3.23. The Morgan fingerprint density at radius 2 is 1.76 bits per heavy atom. The van der Waals surface area contributed by atoms with Crippen molar-refractivity contribution in [3.8, 4) is 11.5 Å². The van der Waals surface area contributed by atoms with Crippen molar-refractivity contribution in [2.75, 3.05) is 21.3 Å². The van der Waals surface area contributed by atoms with Gasteiger partial charge in [0.05, 0.1) is 20.3 Å². The van der Waals surface area contributed by atoms with Gasteiger partial charge in [-0.15, -0.1) is 0 Å². The van der Waals surface area contributed by atoms with E-state index in [0.29, 0.717) is 10.2 Å². The first-order chi connectivity index (χ1) is 10.1. The molecular formula is C16H17BrFNO2. The van der Waals surface area contributed by atoms with Gasteiger partial charge in [0.15, 0.2) is 0 Å². The molecule has 0 saturated heterocycles. The monoisotopic (exact) mass is 353 g/mol. The molecule has 21 heavy (non-hydrogen) atoms. The molecule has 3 nitrogen and oxygen atoms in total. The van der Waals surface area contributed by atoms with Crippen molar-refractivity contribution < 1.29 is 13.9 Å². The third-order valence-electron chi connectivity index (χ3n) is 3.31. The van der Waals surface area contributed by atoms with Crippen LogP contribution in [0.2, 0.25) is 0 Å². The summed E-state index contributed by atoms with van der Waals surface area (Å²) in [4.78, 5) is 0. The molecule has 0 fully saturated rings. The second kappa shape index (κ2) is 6.91. The van der Waals surface area contributed by atoms with Gasteiger partial charge in [-0.25, -0.2) is 4.39 Å². The second-order valence-electron chi connectivity index (χ2n) is 4.50. The maximum atomic E-state index is 13.3. The van der Waals surface area contributed by atoms with Gasteiger partial charge in [-0.2, -0.15) is 0 Å². The third-order valence-corrected chi connectivity index (χ3v) is 4.00. The predicted octanol–water partition coefficient (Wildman–Crippen LogP) is 3.91. The van der Waals surface area contributed by atoms with Gasteiger partial charge < -0.3 is 14.8 Å². The molecule has 2 rings (SSSR count). The summed E-state index contributed by atoms with van der Waals surface area (Å²) in [6.07, 6.45) is 0. The highest BCUT2D eigenvalue weighted by Crippen LogP contribution is 2.35. The molecule has 1 unspecified atom stereocenters. The van der Waals surface area contributed by atoms with Crippen molar-refractivity contribution >= 4 is 15.9 Å². The van der Waals surface area contributed by atoms with Gasteiger partial charge in [0.1, 0.15) is 17.3 Å². The molecule has 0 aliphatic heterocycles. The lowest BCUT2D eigenvalue weighted by Crippen LogP contribution is -2.19. The average molecular weight is 354 g/mol. The number of hydrogen-bond donors (Lipinski definition) is 1. The fourth-order valence-corrected chi connectivity index (χ4v) is 2.85. The van der Waals surface area contributed by atoms with Gasteiger partial charge in [-0.1, -0.05) is 22.0 Å². The predicted molar refractivity (Wildman–Crippen MR) is 84.5 cm³/mol. The van der Waals surface area contributed by atoms with Crippen molar-refractivity contribution in [2.45, 2.75) is 6.04 Å². The largest absolute Gasteiger partial charge is 0.497 e. The first kappa shape index (κ1) is 15.8. The van der Waals surface area contributed by atoms with Crippen molar-refractivity contribution in [3.63, 3.8) is 0 Å². The van der Waals surface area contributed by atoms with Crippen LogP contribution in [0.3, 0.4) is 0 Å². The summed E-state index contributed by atoms with van der Waals surface area (Å²) < 4.78 is 24.6. The molecule has 0 aliphatic carbocycles. The minimum atomic E-state index is -0.276. The molecule has 112 valence electrons. The molecule has 0 amide bonds. The van der Waals surface area contributed by atoms with Gasteiger partial charge in [-0.3, -0.25) is 0 Å².